The van der Waals surface area contributed by atoms with Gasteiger partial charge in [-0.1, -0.05) is 18.7 Å². The second-order valence-corrected chi connectivity index (χ2v) is 7.68. The van der Waals surface area contributed by atoms with Crippen molar-refractivity contribution in [2.24, 2.45) is 9.98 Å². The number of para-hydroxylation sites is 2. The van der Waals surface area contributed by atoms with Crippen LogP contribution in [-0.2, 0) is 0 Å². The Morgan fingerprint density at radius 2 is 1.68 bits per heavy atom. The first kappa shape index (κ1) is 20.7. The van der Waals surface area contributed by atoms with Crippen LogP contribution in [-0.4, -0.2) is 57.3 Å². The van der Waals surface area contributed by atoms with E-state index in [-0.39, 0.29) is 0 Å². The van der Waals surface area contributed by atoms with Gasteiger partial charge < -0.3 is 25.8 Å². The van der Waals surface area contributed by atoms with Crippen LogP contribution < -0.4 is 20.9 Å². The van der Waals surface area contributed by atoms with E-state index in [1.54, 1.807) is 6.20 Å². The summed E-state index contributed by atoms with van der Waals surface area (Å²) in [6.45, 7) is 12.5. The van der Waals surface area contributed by atoms with Gasteiger partial charge in [0, 0.05) is 49.5 Å². The van der Waals surface area contributed by atoms with E-state index in [4.69, 9.17) is 4.99 Å². The Balaban J connectivity index is 1.44. The molecule has 3 N–H and O–H groups in total. The molecule has 31 heavy (non-hydrogen) atoms. The lowest BCUT2D eigenvalue weighted by Crippen LogP contribution is -2.44. The molecule has 4 rings (SSSR count). The van der Waals surface area contributed by atoms with Crippen molar-refractivity contribution < 1.29 is 0 Å². The molecule has 2 aromatic carbocycles. The molecule has 0 spiro atoms. The first-order valence-corrected chi connectivity index (χ1v) is 10.4. The number of aliphatic imine (C=N–C) groups is 2. The summed E-state index contributed by atoms with van der Waals surface area (Å²) < 4.78 is 0. The molecule has 0 amide bonds. The van der Waals surface area contributed by atoms with Gasteiger partial charge in [0.15, 0.2) is 0 Å². The molecule has 0 unspecified atom stereocenters. The van der Waals surface area contributed by atoms with Crippen molar-refractivity contribution in [3.63, 3.8) is 0 Å². The smallest absolute Gasteiger partial charge is 0.138 e. The van der Waals surface area contributed by atoms with Crippen LogP contribution in [0, 0.1) is 0 Å². The van der Waals surface area contributed by atoms with Gasteiger partial charge in [-0.15, -0.1) is 0 Å². The fourth-order valence-electron chi connectivity index (χ4n) is 3.69. The van der Waals surface area contributed by atoms with Crippen LogP contribution in [0.1, 0.15) is 0 Å². The maximum atomic E-state index is 4.73. The molecule has 0 saturated carbocycles. The highest BCUT2D eigenvalue weighted by Crippen LogP contribution is 2.29. The van der Waals surface area contributed by atoms with Crippen molar-refractivity contribution in [2.75, 3.05) is 60.7 Å². The second kappa shape index (κ2) is 9.49. The molecule has 0 radical (unpaired) electrons. The van der Waals surface area contributed by atoms with Crippen molar-refractivity contribution in [2.45, 2.75) is 0 Å². The summed E-state index contributed by atoms with van der Waals surface area (Å²) in [5.74, 6) is 0.691. The minimum absolute atomic E-state index is 0.417. The first-order chi connectivity index (χ1) is 15.1. The van der Waals surface area contributed by atoms with Gasteiger partial charge in [0.2, 0.25) is 0 Å². The van der Waals surface area contributed by atoms with E-state index in [1.165, 1.54) is 5.69 Å². The molecule has 7 nitrogen and oxygen atoms in total. The van der Waals surface area contributed by atoms with Crippen LogP contribution in [0.2, 0.25) is 0 Å². The Morgan fingerprint density at radius 3 is 2.35 bits per heavy atom. The summed E-state index contributed by atoms with van der Waals surface area (Å²) in [6.07, 6.45) is 1.66. The normalized spacial score (nSPS) is 19.4. The van der Waals surface area contributed by atoms with Crippen LogP contribution in [0.4, 0.5) is 22.7 Å². The SMILES string of the molecule is C=N/C=C1/C(=C)Nc2ccccc2NC1=NCNc1ccc(N2CCN(C)CC2)cc1. The summed E-state index contributed by atoms with van der Waals surface area (Å²) in [7, 11) is 2.17. The highest BCUT2D eigenvalue weighted by atomic mass is 15.2. The van der Waals surface area contributed by atoms with E-state index in [9.17, 15) is 0 Å². The third-order valence-electron chi connectivity index (χ3n) is 5.52. The van der Waals surface area contributed by atoms with Crippen molar-refractivity contribution in [1.82, 2.24) is 4.90 Å². The van der Waals surface area contributed by atoms with E-state index >= 15 is 0 Å². The van der Waals surface area contributed by atoms with Gasteiger partial charge >= 0.3 is 0 Å². The van der Waals surface area contributed by atoms with E-state index < -0.39 is 0 Å². The number of nitrogens with one attached hydrogen (secondary N) is 3. The van der Waals surface area contributed by atoms with Gasteiger partial charge in [-0.25, -0.2) is 4.99 Å². The Hall–Kier alpha value is -3.58. The molecule has 2 aromatic rings. The standard InChI is InChI=1S/C24H29N7/c1-18-21(16-25-2)24(29-23-7-5-4-6-22(23)28-18)27-17-26-19-8-10-20(11-9-19)31-14-12-30(3)13-15-31/h4-11,16,26,28H,1-2,12-15,17H2,3H3,(H,27,29)/b21-16-. The van der Waals surface area contributed by atoms with Crippen LogP contribution in [0.3, 0.4) is 0 Å². The summed E-state index contributed by atoms with van der Waals surface area (Å²) in [6, 6.07) is 16.5. The van der Waals surface area contributed by atoms with Gasteiger partial charge in [-0.3, -0.25) is 4.99 Å². The molecule has 2 aliphatic heterocycles. The lowest BCUT2D eigenvalue weighted by Gasteiger charge is -2.34. The zero-order valence-electron chi connectivity index (χ0n) is 17.9. The van der Waals surface area contributed by atoms with E-state index in [2.05, 4.69) is 75.4 Å². The Labute approximate surface area is 183 Å². The Morgan fingerprint density at radius 1 is 1.00 bits per heavy atom. The summed E-state index contributed by atoms with van der Waals surface area (Å²) in [4.78, 5) is 13.4. The predicted molar refractivity (Wildman–Crippen MR) is 133 cm³/mol. The number of rotatable bonds is 5. The predicted octanol–water partition coefficient (Wildman–Crippen LogP) is 3.84. The number of piperazine rings is 1. The zero-order valence-corrected chi connectivity index (χ0v) is 17.9. The second-order valence-electron chi connectivity index (χ2n) is 7.68. The van der Waals surface area contributed by atoms with Gasteiger partial charge in [-0.05, 0) is 50.2 Å². The minimum atomic E-state index is 0.417. The Kier molecular flexibility index (Phi) is 6.33. The Bertz CT molecular complexity index is 999. The highest BCUT2D eigenvalue weighted by Gasteiger charge is 2.18. The number of nitrogens with zero attached hydrogens (tertiary/aromatic N) is 4. The van der Waals surface area contributed by atoms with Gasteiger partial charge in [0.1, 0.15) is 12.5 Å². The molecule has 0 aromatic heterocycles. The maximum absolute atomic E-state index is 4.73. The van der Waals surface area contributed by atoms with Crippen LogP contribution in [0.5, 0.6) is 0 Å². The fourth-order valence-corrected chi connectivity index (χ4v) is 3.69. The molecule has 0 bridgehead atoms. The molecule has 7 heteroatoms. The summed E-state index contributed by atoms with van der Waals surface area (Å²) >= 11 is 0. The topological polar surface area (TPSA) is 67.3 Å². The first-order valence-electron chi connectivity index (χ1n) is 10.4. The van der Waals surface area contributed by atoms with Crippen LogP contribution in [0.15, 0.2) is 82.6 Å². The molecule has 0 aliphatic carbocycles. The van der Waals surface area contributed by atoms with Crippen LogP contribution in [0.25, 0.3) is 0 Å². The van der Waals surface area contributed by atoms with Crippen molar-refractivity contribution >= 4 is 35.3 Å². The highest BCUT2D eigenvalue weighted by molar-refractivity contribution is 6.14. The molecule has 0 atom stereocenters. The fraction of sp³-hybridized carbons (Fsp3) is 0.250. The molecular weight excluding hydrogens is 386 g/mol. The van der Waals surface area contributed by atoms with Gasteiger partial charge in [-0.2, -0.15) is 0 Å². The monoisotopic (exact) mass is 415 g/mol. The number of fused-ring (bicyclic) bond motifs is 1. The molecule has 1 fully saturated rings. The average Bonchev–Trinajstić information content (AvgIpc) is 2.91. The molecule has 2 heterocycles. The average molecular weight is 416 g/mol. The van der Waals surface area contributed by atoms with E-state index in [0.717, 1.165) is 54.5 Å². The third kappa shape index (κ3) is 4.95. The minimum Gasteiger partial charge on any atom is -0.369 e. The zero-order chi connectivity index (χ0) is 21.6. The number of anilines is 4. The number of hydrogen-bond acceptors (Lipinski definition) is 6. The van der Waals surface area contributed by atoms with E-state index in [1.807, 2.05) is 24.3 Å². The van der Waals surface area contributed by atoms with E-state index in [0.29, 0.717) is 12.5 Å². The van der Waals surface area contributed by atoms with Gasteiger partial charge in [0.05, 0.1) is 16.9 Å². The quantitative estimate of drug-likeness (QED) is 0.648. The third-order valence-corrected chi connectivity index (χ3v) is 5.52. The van der Waals surface area contributed by atoms with Crippen LogP contribution >= 0.6 is 0 Å². The van der Waals surface area contributed by atoms with Crippen molar-refractivity contribution in [3.05, 3.63) is 72.6 Å². The molecule has 2 aliphatic rings. The van der Waals surface area contributed by atoms with Gasteiger partial charge in [0.25, 0.3) is 0 Å². The molecule has 160 valence electrons. The molecular formula is C24H29N7. The van der Waals surface area contributed by atoms with Crippen molar-refractivity contribution in [3.8, 4) is 0 Å². The lowest BCUT2D eigenvalue weighted by molar-refractivity contribution is 0.313. The number of hydrogen-bond donors (Lipinski definition) is 3. The largest absolute Gasteiger partial charge is 0.369 e. The summed E-state index contributed by atoms with van der Waals surface area (Å²) in [5, 5.41) is 10.1. The summed E-state index contributed by atoms with van der Waals surface area (Å²) in [5.41, 5.74) is 5.67. The maximum Gasteiger partial charge on any atom is 0.138 e. The molecule has 1 saturated heterocycles. The lowest BCUT2D eigenvalue weighted by atomic mass is 10.2. The van der Waals surface area contributed by atoms with Crippen molar-refractivity contribution in [1.29, 1.82) is 0 Å². The number of likely N-dealkylation sites (N-methyl/N-ethyl adjacent to an activating group) is 1. The number of amidine groups is 1. The number of benzene rings is 2.